The summed E-state index contributed by atoms with van der Waals surface area (Å²) < 4.78 is 11.1. The molecule has 2 N–H and O–H groups in total. The summed E-state index contributed by atoms with van der Waals surface area (Å²) in [4.78, 5) is 0. The number of hydrogen-bond acceptors (Lipinski definition) is 3. The molecular formula is C12H16ClNO2. The summed E-state index contributed by atoms with van der Waals surface area (Å²) in [6.07, 6.45) is 2.20. The summed E-state index contributed by atoms with van der Waals surface area (Å²) in [6.45, 7) is 2.10. The van der Waals surface area contributed by atoms with E-state index in [1.165, 1.54) is 0 Å². The van der Waals surface area contributed by atoms with Crippen LogP contribution < -0.4 is 5.73 Å². The summed E-state index contributed by atoms with van der Waals surface area (Å²) in [5.41, 5.74) is 7.53. The van der Waals surface area contributed by atoms with Gasteiger partial charge in [-0.15, -0.1) is 0 Å². The number of anilines is 1. The van der Waals surface area contributed by atoms with Crippen molar-refractivity contribution in [3.8, 4) is 0 Å². The molecule has 1 saturated heterocycles. The second kappa shape index (κ2) is 5.53. The summed E-state index contributed by atoms with van der Waals surface area (Å²) >= 11 is 5.91. The lowest BCUT2D eigenvalue weighted by atomic mass is 10.1. The van der Waals surface area contributed by atoms with E-state index in [0.29, 0.717) is 11.6 Å². The Morgan fingerprint density at radius 3 is 2.88 bits per heavy atom. The summed E-state index contributed by atoms with van der Waals surface area (Å²) in [6, 6.07) is 5.45. The highest BCUT2D eigenvalue weighted by atomic mass is 35.5. The van der Waals surface area contributed by atoms with Crippen molar-refractivity contribution in [3.05, 3.63) is 28.8 Å². The standard InChI is InChI=1S/C12H16ClNO2/c13-10-1-2-12(14)9(7-10)8-16-11-3-5-15-6-4-11/h1-2,7,11H,3-6,8,14H2. The Hall–Kier alpha value is -0.770. The molecule has 1 aliphatic rings. The van der Waals surface area contributed by atoms with E-state index in [-0.39, 0.29) is 6.10 Å². The number of rotatable bonds is 3. The predicted molar refractivity (Wildman–Crippen MR) is 64.5 cm³/mol. The summed E-state index contributed by atoms with van der Waals surface area (Å²) in [5.74, 6) is 0. The van der Waals surface area contributed by atoms with E-state index in [1.807, 2.05) is 12.1 Å². The van der Waals surface area contributed by atoms with Gasteiger partial charge in [0.1, 0.15) is 0 Å². The molecule has 1 heterocycles. The highest BCUT2D eigenvalue weighted by Gasteiger charge is 2.14. The number of halogens is 1. The van der Waals surface area contributed by atoms with Gasteiger partial charge in [-0.05, 0) is 31.0 Å². The third kappa shape index (κ3) is 3.11. The molecule has 1 fully saturated rings. The molecular weight excluding hydrogens is 226 g/mol. The van der Waals surface area contributed by atoms with Crippen molar-refractivity contribution >= 4 is 17.3 Å². The van der Waals surface area contributed by atoms with E-state index in [1.54, 1.807) is 6.07 Å². The molecule has 0 aromatic heterocycles. The molecule has 1 aromatic rings. The maximum Gasteiger partial charge on any atom is 0.0741 e. The Bertz CT molecular complexity index is 351. The average Bonchev–Trinajstić information content (AvgIpc) is 2.32. The van der Waals surface area contributed by atoms with Crippen LogP contribution in [0.2, 0.25) is 5.02 Å². The second-order valence-corrected chi connectivity index (χ2v) is 4.40. The van der Waals surface area contributed by atoms with Crippen molar-refractivity contribution in [2.45, 2.75) is 25.6 Å². The fraction of sp³-hybridized carbons (Fsp3) is 0.500. The lowest BCUT2D eigenvalue weighted by Gasteiger charge is -2.22. The highest BCUT2D eigenvalue weighted by Crippen LogP contribution is 2.20. The first-order valence-electron chi connectivity index (χ1n) is 5.49. The third-order valence-corrected chi connectivity index (χ3v) is 2.98. The van der Waals surface area contributed by atoms with Crippen molar-refractivity contribution in [3.63, 3.8) is 0 Å². The Kier molecular flexibility index (Phi) is 4.04. The Labute approximate surface area is 100 Å². The first-order chi connectivity index (χ1) is 7.75. The molecule has 88 valence electrons. The molecule has 0 amide bonds. The molecule has 3 nitrogen and oxygen atoms in total. The Morgan fingerprint density at radius 2 is 2.12 bits per heavy atom. The van der Waals surface area contributed by atoms with Crippen molar-refractivity contribution in [1.82, 2.24) is 0 Å². The lowest BCUT2D eigenvalue weighted by molar-refractivity contribution is -0.0389. The molecule has 1 aliphatic heterocycles. The minimum atomic E-state index is 0.284. The zero-order valence-corrected chi connectivity index (χ0v) is 9.87. The molecule has 16 heavy (non-hydrogen) atoms. The van der Waals surface area contributed by atoms with Crippen LogP contribution in [0.5, 0.6) is 0 Å². The third-order valence-electron chi connectivity index (χ3n) is 2.75. The van der Waals surface area contributed by atoms with Gasteiger partial charge in [-0.3, -0.25) is 0 Å². The molecule has 0 saturated carbocycles. The second-order valence-electron chi connectivity index (χ2n) is 3.97. The number of nitrogen functional groups attached to an aromatic ring is 1. The molecule has 0 bridgehead atoms. The van der Waals surface area contributed by atoms with Gasteiger partial charge in [0, 0.05) is 29.5 Å². The van der Waals surface area contributed by atoms with Crippen molar-refractivity contribution in [2.24, 2.45) is 0 Å². The van der Waals surface area contributed by atoms with Gasteiger partial charge in [-0.25, -0.2) is 0 Å². The van der Waals surface area contributed by atoms with E-state index in [2.05, 4.69) is 0 Å². The molecule has 0 unspecified atom stereocenters. The van der Waals surface area contributed by atoms with Crippen LogP contribution in [-0.2, 0) is 16.1 Å². The zero-order chi connectivity index (χ0) is 11.4. The van der Waals surface area contributed by atoms with E-state index >= 15 is 0 Å². The van der Waals surface area contributed by atoms with Crippen molar-refractivity contribution in [2.75, 3.05) is 18.9 Å². The smallest absolute Gasteiger partial charge is 0.0741 e. The van der Waals surface area contributed by atoms with Crippen LogP contribution in [0.1, 0.15) is 18.4 Å². The largest absolute Gasteiger partial charge is 0.398 e. The normalized spacial score (nSPS) is 17.6. The van der Waals surface area contributed by atoms with E-state index in [0.717, 1.165) is 37.3 Å². The van der Waals surface area contributed by atoms with Gasteiger partial charge in [0.25, 0.3) is 0 Å². The van der Waals surface area contributed by atoms with Crippen LogP contribution in [0.4, 0.5) is 5.69 Å². The number of ether oxygens (including phenoxy) is 2. The fourth-order valence-electron chi connectivity index (χ4n) is 1.75. The number of hydrogen-bond donors (Lipinski definition) is 1. The predicted octanol–water partition coefficient (Wildman–Crippen LogP) is 2.62. The fourth-order valence-corrected chi connectivity index (χ4v) is 1.94. The minimum absolute atomic E-state index is 0.284. The Morgan fingerprint density at radius 1 is 1.38 bits per heavy atom. The average molecular weight is 242 g/mol. The van der Waals surface area contributed by atoms with Crippen molar-refractivity contribution in [1.29, 1.82) is 0 Å². The zero-order valence-electron chi connectivity index (χ0n) is 9.12. The minimum Gasteiger partial charge on any atom is -0.398 e. The van der Waals surface area contributed by atoms with E-state index in [4.69, 9.17) is 26.8 Å². The molecule has 0 radical (unpaired) electrons. The van der Waals surface area contributed by atoms with Gasteiger partial charge in [0.05, 0.1) is 12.7 Å². The lowest BCUT2D eigenvalue weighted by Crippen LogP contribution is -2.23. The van der Waals surface area contributed by atoms with Gasteiger partial charge in [-0.1, -0.05) is 11.6 Å². The maximum absolute atomic E-state index is 5.91. The van der Waals surface area contributed by atoms with Gasteiger partial charge >= 0.3 is 0 Å². The number of nitrogens with two attached hydrogens (primary N) is 1. The topological polar surface area (TPSA) is 44.5 Å². The SMILES string of the molecule is Nc1ccc(Cl)cc1COC1CCOCC1. The first kappa shape index (κ1) is 11.7. The van der Waals surface area contributed by atoms with E-state index < -0.39 is 0 Å². The van der Waals surface area contributed by atoms with Crippen LogP contribution in [0.15, 0.2) is 18.2 Å². The first-order valence-corrected chi connectivity index (χ1v) is 5.87. The monoisotopic (exact) mass is 241 g/mol. The summed E-state index contributed by atoms with van der Waals surface area (Å²) in [5, 5.41) is 0.694. The van der Waals surface area contributed by atoms with E-state index in [9.17, 15) is 0 Å². The van der Waals surface area contributed by atoms with Gasteiger partial charge in [0.2, 0.25) is 0 Å². The van der Waals surface area contributed by atoms with Crippen LogP contribution in [-0.4, -0.2) is 19.3 Å². The van der Waals surface area contributed by atoms with Gasteiger partial charge in [-0.2, -0.15) is 0 Å². The molecule has 0 aliphatic carbocycles. The van der Waals surface area contributed by atoms with Crippen molar-refractivity contribution < 1.29 is 9.47 Å². The highest BCUT2D eigenvalue weighted by molar-refractivity contribution is 6.30. The van der Waals surface area contributed by atoms with Crippen LogP contribution in [0, 0.1) is 0 Å². The van der Waals surface area contributed by atoms with Crippen LogP contribution >= 0.6 is 11.6 Å². The molecule has 4 heteroatoms. The maximum atomic E-state index is 5.91. The number of benzene rings is 1. The van der Waals surface area contributed by atoms with Gasteiger partial charge in [0.15, 0.2) is 0 Å². The van der Waals surface area contributed by atoms with Gasteiger partial charge < -0.3 is 15.2 Å². The molecule has 1 aromatic carbocycles. The molecule has 0 spiro atoms. The molecule has 0 atom stereocenters. The van der Waals surface area contributed by atoms with Crippen LogP contribution in [0.25, 0.3) is 0 Å². The summed E-state index contributed by atoms with van der Waals surface area (Å²) in [7, 11) is 0. The molecule has 2 rings (SSSR count). The Balaban J connectivity index is 1.90. The van der Waals surface area contributed by atoms with Crippen LogP contribution in [0.3, 0.4) is 0 Å². The quantitative estimate of drug-likeness (QED) is 0.828.